The number of rotatable bonds is 5. The van der Waals surface area contributed by atoms with Crippen LogP contribution in [0.25, 0.3) is 11.0 Å². The number of nitrogens with zero attached hydrogens (tertiary/aromatic N) is 3. The summed E-state index contributed by atoms with van der Waals surface area (Å²) in [4.78, 5) is 21.4. The van der Waals surface area contributed by atoms with E-state index in [0.29, 0.717) is 22.3 Å². The van der Waals surface area contributed by atoms with Crippen LogP contribution in [0.4, 0.5) is 0 Å². The fourth-order valence-corrected chi connectivity index (χ4v) is 3.71. The van der Waals surface area contributed by atoms with Gasteiger partial charge in [-0.1, -0.05) is 47.5 Å². The van der Waals surface area contributed by atoms with Gasteiger partial charge >= 0.3 is 0 Å². The van der Waals surface area contributed by atoms with Gasteiger partial charge in [0.25, 0.3) is 5.91 Å². The summed E-state index contributed by atoms with van der Waals surface area (Å²) in [6.45, 7) is 2.41. The SMILES string of the molecule is CC(NC(=O)c1ccccn1)c1nc2ccccc2n1Cc1ccc(Cl)cc1Cl. The van der Waals surface area contributed by atoms with E-state index in [0.717, 1.165) is 22.4 Å². The Balaban J connectivity index is 1.70. The van der Waals surface area contributed by atoms with E-state index >= 15 is 0 Å². The van der Waals surface area contributed by atoms with Crippen molar-refractivity contribution in [3.63, 3.8) is 0 Å². The molecule has 0 radical (unpaired) electrons. The molecule has 0 aliphatic heterocycles. The van der Waals surface area contributed by atoms with Crippen molar-refractivity contribution in [3.05, 3.63) is 94.0 Å². The highest BCUT2D eigenvalue weighted by Gasteiger charge is 2.20. The summed E-state index contributed by atoms with van der Waals surface area (Å²) in [7, 11) is 0. The van der Waals surface area contributed by atoms with Crippen LogP contribution in [-0.4, -0.2) is 20.4 Å². The first kappa shape index (κ1) is 19.4. The highest BCUT2D eigenvalue weighted by atomic mass is 35.5. The van der Waals surface area contributed by atoms with Crippen LogP contribution in [0.3, 0.4) is 0 Å². The van der Waals surface area contributed by atoms with Gasteiger partial charge in [-0.05, 0) is 48.9 Å². The summed E-state index contributed by atoms with van der Waals surface area (Å²) in [6, 6.07) is 18.2. The van der Waals surface area contributed by atoms with Crippen LogP contribution in [0.5, 0.6) is 0 Å². The number of pyridine rings is 1. The molecule has 2 heterocycles. The zero-order valence-corrected chi connectivity index (χ0v) is 17.2. The van der Waals surface area contributed by atoms with Crippen LogP contribution in [-0.2, 0) is 6.54 Å². The van der Waals surface area contributed by atoms with Gasteiger partial charge in [0.1, 0.15) is 11.5 Å². The summed E-state index contributed by atoms with van der Waals surface area (Å²) in [6.07, 6.45) is 1.59. The van der Waals surface area contributed by atoms with Gasteiger partial charge in [0.2, 0.25) is 0 Å². The molecule has 0 spiro atoms. The Morgan fingerprint density at radius 2 is 1.90 bits per heavy atom. The minimum Gasteiger partial charge on any atom is -0.341 e. The molecule has 0 fully saturated rings. The number of halogens is 2. The van der Waals surface area contributed by atoms with Crippen LogP contribution >= 0.6 is 23.2 Å². The molecule has 1 unspecified atom stereocenters. The lowest BCUT2D eigenvalue weighted by Gasteiger charge is -2.17. The minimum absolute atomic E-state index is 0.249. The van der Waals surface area contributed by atoms with Gasteiger partial charge in [-0.15, -0.1) is 0 Å². The van der Waals surface area contributed by atoms with Crippen LogP contribution in [0, 0.1) is 0 Å². The standard InChI is InChI=1S/C22H18Cl2N4O/c1-14(26-22(29)19-7-4-5-11-25-19)21-27-18-6-2-3-8-20(18)28(21)13-15-9-10-16(23)12-17(15)24/h2-12,14H,13H2,1H3,(H,26,29). The van der Waals surface area contributed by atoms with E-state index in [2.05, 4.69) is 14.9 Å². The number of benzene rings is 2. The molecule has 2 aromatic heterocycles. The molecule has 4 aromatic rings. The molecule has 29 heavy (non-hydrogen) atoms. The summed E-state index contributed by atoms with van der Waals surface area (Å²) in [5.41, 5.74) is 3.10. The summed E-state index contributed by atoms with van der Waals surface area (Å²) in [5.74, 6) is 0.489. The first-order valence-electron chi connectivity index (χ1n) is 9.14. The average Bonchev–Trinajstić information content (AvgIpc) is 3.09. The molecule has 0 aliphatic rings. The number of carbonyl (C=O) groups excluding carboxylic acids is 1. The van der Waals surface area contributed by atoms with Gasteiger partial charge in [-0.25, -0.2) is 4.98 Å². The van der Waals surface area contributed by atoms with Gasteiger partial charge in [-0.3, -0.25) is 9.78 Å². The lowest BCUT2D eigenvalue weighted by molar-refractivity contribution is 0.0932. The Labute approximate surface area is 178 Å². The zero-order chi connectivity index (χ0) is 20.4. The highest BCUT2D eigenvalue weighted by Crippen LogP contribution is 2.26. The van der Waals surface area contributed by atoms with E-state index in [1.54, 1.807) is 30.5 Å². The maximum atomic E-state index is 12.6. The molecule has 7 heteroatoms. The predicted octanol–water partition coefficient (Wildman–Crippen LogP) is 5.28. The first-order valence-corrected chi connectivity index (χ1v) is 9.89. The Hall–Kier alpha value is -2.89. The van der Waals surface area contributed by atoms with E-state index in [1.807, 2.05) is 43.3 Å². The highest BCUT2D eigenvalue weighted by molar-refractivity contribution is 6.35. The molecule has 1 N–H and O–H groups in total. The molecule has 1 amide bonds. The van der Waals surface area contributed by atoms with E-state index < -0.39 is 0 Å². The lowest BCUT2D eigenvalue weighted by Crippen LogP contribution is -2.29. The molecule has 0 saturated carbocycles. The zero-order valence-electron chi connectivity index (χ0n) is 15.6. The number of hydrogen-bond donors (Lipinski definition) is 1. The molecule has 2 aromatic carbocycles. The van der Waals surface area contributed by atoms with Crippen molar-refractivity contribution >= 4 is 40.1 Å². The third-order valence-corrected chi connectivity index (χ3v) is 5.25. The van der Waals surface area contributed by atoms with Gasteiger partial charge in [0, 0.05) is 16.2 Å². The lowest BCUT2D eigenvalue weighted by atomic mass is 10.2. The molecule has 146 valence electrons. The molecule has 0 aliphatic carbocycles. The Bertz CT molecular complexity index is 1170. The van der Waals surface area contributed by atoms with Crippen molar-refractivity contribution < 1.29 is 4.79 Å². The quantitative estimate of drug-likeness (QED) is 0.474. The van der Waals surface area contributed by atoms with Gasteiger partial charge < -0.3 is 9.88 Å². The number of imidazole rings is 1. The van der Waals surface area contributed by atoms with Crippen LogP contribution in [0.15, 0.2) is 66.9 Å². The number of fused-ring (bicyclic) bond motifs is 1. The van der Waals surface area contributed by atoms with Gasteiger partial charge in [0.05, 0.1) is 23.6 Å². The molecular formula is C22H18Cl2N4O. The van der Waals surface area contributed by atoms with E-state index in [9.17, 15) is 4.79 Å². The molecule has 0 saturated heterocycles. The number of para-hydroxylation sites is 2. The second kappa shape index (κ2) is 8.23. The molecule has 0 bridgehead atoms. The fourth-order valence-electron chi connectivity index (χ4n) is 3.24. The largest absolute Gasteiger partial charge is 0.341 e. The van der Waals surface area contributed by atoms with Crippen molar-refractivity contribution in [2.45, 2.75) is 19.5 Å². The molecular weight excluding hydrogens is 407 g/mol. The average molecular weight is 425 g/mol. The molecule has 4 rings (SSSR count). The van der Waals surface area contributed by atoms with Gasteiger partial charge in [-0.2, -0.15) is 0 Å². The van der Waals surface area contributed by atoms with Gasteiger partial charge in [0.15, 0.2) is 0 Å². The minimum atomic E-state index is -0.331. The van der Waals surface area contributed by atoms with Crippen molar-refractivity contribution in [2.24, 2.45) is 0 Å². The summed E-state index contributed by atoms with van der Waals surface area (Å²) >= 11 is 12.4. The Kier molecular flexibility index (Phi) is 5.51. The Morgan fingerprint density at radius 1 is 1.10 bits per heavy atom. The van der Waals surface area contributed by atoms with Crippen molar-refractivity contribution in [1.82, 2.24) is 19.9 Å². The number of hydrogen-bond acceptors (Lipinski definition) is 3. The van der Waals surface area contributed by atoms with E-state index in [-0.39, 0.29) is 11.9 Å². The summed E-state index contributed by atoms with van der Waals surface area (Å²) < 4.78 is 2.06. The fraction of sp³-hybridized carbons (Fsp3) is 0.136. The number of aromatic nitrogens is 3. The van der Waals surface area contributed by atoms with Crippen LogP contribution in [0.2, 0.25) is 10.0 Å². The maximum Gasteiger partial charge on any atom is 0.270 e. The smallest absolute Gasteiger partial charge is 0.270 e. The second-order valence-corrected chi connectivity index (χ2v) is 7.53. The second-order valence-electron chi connectivity index (χ2n) is 6.69. The van der Waals surface area contributed by atoms with Crippen molar-refractivity contribution in [1.29, 1.82) is 0 Å². The molecule has 1 atom stereocenters. The maximum absolute atomic E-state index is 12.6. The number of amides is 1. The van der Waals surface area contributed by atoms with E-state index in [1.165, 1.54) is 0 Å². The normalized spacial score (nSPS) is 12.1. The number of carbonyl (C=O) groups is 1. The summed E-state index contributed by atoms with van der Waals surface area (Å²) in [5, 5.41) is 4.16. The van der Waals surface area contributed by atoms with E-state index in [4.69, 9.17) is 28.2 Å². The topological polar surface area (TPSA) is 59.8 Å². The van der Waals surface area contributed by atoms with Crippen LogP contribution in [0.1, 0.15) is 34.8 Å². The Morgan fingerprint density at radius 3 is 2.66 bits per heavy atom. The van der Waals surface area contributed by atoms with Crippen molar-refractivity contribution in [2.75, 3.05) is 0 Å². The molecule has 5 nitrogen and oxygen atoms in total. The third-order valence-electron chi connectivity index (χ3n) is 4.66. The van der Waals surface area contributed by atoms with Crippen molar-refractivity contribution in [3.8, 4) is 0 Å². The third kappa shape index (κ3) is 4.11. The monoisotopic (exact) mass is 424 g/mol. The number of nitrogens with one attached hydrogen (secondary N) is 1. The first-order chi connectivity index (χ1) is 14.0. The predicted molar refractivity (Wildman–Crippen MR) is 115 cm³/mol. The van der Waals surface area contributed by atoms with Crippen LogP contribution < -0.4 is 5.32 Å².